The summed E-state index contributed by atoms with van der Waals surface area (Å²) in [5.74, 6) is 0.886. The van der Waals surface area contributed by atoms with E-state index in [9.17, 15) is 5.11 Å². The summed E-state index contributed by atoms with van der Waals surface area (Å²) in [4.78, 5) is 2.26. The minimum absolute atomic E-state index is 0.0530. The quantitative estimate of drug-likeness (QED) is 0.848. The molecule has 1 fully saturated rings. The lowest BCUT2D eigenvalue weighted by Gasteiger charge is -2.36. The Morgan fingerprint density at radius 2 is 2.35 bits per heavy atom. The molecule has 20 heavy (non-hydrogen) atoms. The van der Waals surface area contributed by atoms with Crippen LogP contribution < -0.4 is 15.0 Å². The highest BCUT2D eigenvalue weighted by Crippen LogP contribution is 2.35. The van der Waals surface area contributed by atoms with Crippen LogP contribution >= 0.6 is 0 Å². The van der Waals surface area contributed by atoms with Crippen molar-refractivity contribution in [2.45, 2.75) is 19.1 Å². The van der Waals surface area contributed by atoms with Crippen LogP contribution in [0.15, 0.2) is 18.2 Å². The van der Waals surface area contributed by atoms with Crippen LogP contribution in [0.5, 0.6) is 5.75 Å². The van der Waals surface area contributed by atoms with Crippen molar-refractivity contribution in [3.63, 3.8) is 0 Å². The lowest BCUT2D eigenvalue weighted by atomic mass is 10.0. The molecule has 2 rings (SSSR count). The lowest BCUT2D eigenvalue weighted by molar-refractivity contribution is 0.00350. The molecule has 5 nitrogen and oxygen atoms in total. The number of hydrogen-bond donors (Lipinski definition) is 2. The molecule has 0 aliphatic carbocycles. The smallest absolute Gasteiger partial charge is 0.125 e. The van der Waals surface area contributed by atoms with Gasteiger partial charge in [0.1, 0.15) is 5.75 Å². The van der Waals surface area contributed by atoms with Gasteiger partial charge >= 0.3 is 0 Å². The van der Waals surface area contributed by atoms with Crippen molar-refractivity contribution < 1.29 is 14.6 Å². The third-order valence-electron chi connectivity index (χ3n) is 3.81. The maximum atomic E-state index is 9.29. The van der Waals surface area contributed by atoms with Gasteiger partial charge < -0.3 is 24.8 Å². The van der Waals surface area contributed by atoms with Crippen molar-refractivity contribution in [1.82, 2.24) is 5.32 Å². The summed E-state index contributed by atoms with van der Waals surface area (Å²) in [5, 5.41) is 12.6. The Bertz CT molecular complexity index is 439. The molecular formula is C15H24N2O3. The zero-order valence-electron chi connectivity index (χ0n) is 12.4. The topological polar surface area (TPSA) is 54.0 Å². The summed E-state index contributed by atoms with van der Waals surface area (Å²) in [6, 6.07) is 6.28. The Hall–Kier alpha value is -1.30. The Morgan fingerprint density at radius 1 is 1.55 bits per heavy atom. The molecule has 5 heteroatoms. The van der Waals surface area contributed by atoms with Gasteiger partial charge in [0.15, 0.2) is 0 Å². The van der Waals surface area contributed by atoms with Gasteiger partial charge in [0, 0.05) is 30.4 Å². The zero-order valence-corrected chi connectivity index (χ0v) is 12.4. The van der Waals surface area contributed by atoms with Crippen LogP contribution in [-0.4, -0.2) is 51.7 Å². The first-order chi connectivity index (χ1) is 9.71. The third-order valence-corrected chi connectivity index (χ3v) is 3.81. The summed E-state index contributed by atoms with van der Waals surface area (Å²) < 4.78 is 11.0. The predicted octanol–water partition coefficient (Wildman–Crippen LogP) is 1.17. The molecule has 0 aromatic heterocycles. The molecule has 0 saturated carbocycles. The minimum Gasteiger partial charge on any atom is -0.496 e. The van der Waals surface area contributed by atoms with Crippen molar-refractivity contribution in [3.05, 3.63) is 23.8 Å². The summed E-state index contributed by atoms with van der Waals surface area (Å²) in [5.41, 5.74) is 2.30. The van der Waals surface area contributed by atoms with E-state index in [1.165, 1.54) is 0 Å². The van der Waals surface area contributed by atoms with Crippen LogP contribution in [0.25, 0.3) is 0 Å². The fourth-order valence-corrected chi connectivity index (χ4v) is 2.61. The number of nitrogens with one attached hydrogen (secondary N) is 1. The molecule has 2 N–H and O–H groups in total. The van der Waals surface area contributed by atoms with Crippen LogP contribution in [0.2, 0.25) is 0 Å². The standard InChI is InChI=1S/C15H24N2O3/c1-11(16-2)15-13(5-4-6-14(15)19-3)17-7-8-20-12(9-17)10-18/h4-6,11-12,16,18H,7-10H2,1-3H3. The molecule has 0 spiro atoms. The van der Waals surface area contributed by atoms with Crippen LogP contribution in [0.1, 0.15) is 18.5 Å². The minimum atomic E-state index is -0.118. The monoisotopic (exact) mass is 280 g/mol. The first kappa shape index (κ1) is 15.1. The normalized spacial score (nSPS) is 20.8. The van der Waals surface area contributed by atoms with E-state index in [4.69, 9.17) is 9.47 Å². The fraction of sp³-hybridized carbons (Fsp3) is 0.600. The van der Waals surface area contributed by atoms with Gasteiger partial charge in [-0.2, -0.15) is 0 Å². The van der Waals surface area contributed by atoms with E-state index >= 15 is 0 Å². The number of anilines is 1. The predicted molar refractivity (Wildman–Crippen MR) is 79.5 cm³/mol. The fourth-order valence-electron chi connectivity index (χ4n) is 2.61. The van der Waals surface area contributed by atoms with Gasteiger partial charge in [0.25, 0.3) is 0 Å². The number of nitrogens with zero attached hydrogens (tertiary/aromatic N) is 1. The SMILES string of the molecule is CNC(C)c1c(OC)cccc1N1CCOC(CO)C1. The number of hydrogen-bond acceptors (Lipinski definition) is 5. The van der Waals surface area contributed by atoms with Crippen molar-refractivity contribution in [1.29, 1.82) is 0 Å². The Balaban J connectivity index is 2.34. The van der Waals surface area contributed by atoms with Crippen molar-refractivity contribution in [2.75, 3.05) is 45.4 Å². The number of aliphatic hydroxyl groups excluding tert-OH is 1. The highest BCUT2D eigenvalue weighted by atomic mass is 16.5. The van der Waals surface area contributed by atoms with E-state index in [0.717, 1.165) is 23.5 Å². The molecule has 2 atom stereocenters. The van der Waals surface area contributed by atoms with Gasteiger partial charge in [-0.05, 0) is 26.1 Å². The van der Waals surface area contributed by atoms with E-state index in [1.54, 1.807) is 7.11 Å². The zero-order chi connectivity index (χ0) is 14.5. The van der Waals surface area contributed by atoms with Crippen LogP contribution in [0.3, 0.4) is 0 Å². The Kier molecular flexibility index (Phi) is 5.23. The second kappa shape index (κ2) is 6.92. The molecular weight excluding hydrogens is 256 g/mol. The van der Waals surface area contributed by atoms with Gasteiger partial charge in [-0.25, -0.2) is 0 Å². The Morgan fingerprint density at radius 3 is 3.00 bits per heavy atom. The average molecular weight is 280 g/mol. The van der Waals surface area contributed by atoms with Gasteiger partial charge in [-0.15, -0.1) is 0 Å². The van der Waals surface area contributed by atoms with Crippen LogP contribution in [0, 0.1) is 0 Å². The molecule has 0 bridgehead atoms. The highest BCUT2D eigenvalue weighted by molar-refractivity contribution is 5.61. The molecule has 1 aliphatic rings. The summed E-state index contributed by atoms with van der Waals surface area (Å²) >= 11 is 0. The first-order valence-corrected chi connectivity index (χ1v) is 7.02. The molecule has 2 unspecified atom stereocenters. The number of benzene rings is 1. The number of aliphatic hydroxyl groups is 1. The summed E-state index contributed by atoms with van der Waals surface area (Å²) in [6.45, 7) is 4.33. The average Bonchev–Trinajstić information content (AvgIpc) is 2.53. The Labute approximate surface area is 120 Å². The summed E-state index contributed by atoms with van der Waals surface area (Å²) in [7, 11) is 3.64. The second-order valence-corrected chi connectivity index (χ2v) is 5.02. The van der Waals surface area contributed by atoms with Gasteiger partial charge in [0.05, 0.1) is 26.4 Å². The number of rotatable bonds is 5. The molecule has 1 aliphatic heterocycles. The van der Waals surface area contributed by atoms with Gasteiger partial charge in [0.2, 0.25) is 0 Å². The van der Waals surface area contributed by atoms with Gasteiger partial charge in [-0.3, -0.25) is 0 Å². The van der Waals surface area contributed by atoms with E-state index in [-0.39, 0.29) is 18.8 Å². The molecule has 1 aromatic rings. The highest BCUT2D eigenvalue weighted by Gasteiger charge is 2.24. The van der Waals surface area contributed by atoms with Crippen molar-refractivity contribution in [3.8, 4) is 5.75 Å². The lowest BCUT2D eigenvalue weighted by Crippen LogP contribution is -2.44. The van der Waals surface area contributed by atoms with E-state index in [2.05, 4.69) is 23.2 Å². The molecule has 0 amide bonds. The van der Waals surface area contributed by atoms with Crippen LogP contribution in [-0.2, 0) is 4.74 Å². The second-order valence-electron chi connectivity index (χ2n) is 5.02. The van der Waals surface area contributed by atoms with E-state index < -0.39 is 0 Å². The van der Waals surface area contributed by atoms with Crippen molar-refractivity contribution >= 4 is 5.69 Å². The largest absolute Gasteiger partial charge is 0.496 e. The molecule has 0 radical (unpaired) electrons. The third kappa shape index (κ3) is 3.06. The maximum Gasteiger partial charge on any atom is 0.125 e. The molecule has 1 aromatic carbocycles. The van der Waals surface area contributed by atoms with Crippen LogP contribution in [0.4, 0.5) is 5.69 Å². The van der Waals surface area contributed by atoms with E-state index in [0.29, 0.717) is 13.2 Å². The molecule has 112 valence electrons. The maximum absolute atomic E-state index is 9.29. The number of ether oxygens (including phenoxy) is 2. The number of morpholine rings is 1. The first-order valence-electron chi connectivity index (χ1n) is 7.02. The van der Waals surface area contributed by atoms with E-state index in [1.807, 2.05) is 19.2 Å². The molecule has 1 heterocycles. The number of methoxy groups -OCH3 is 1. The van der Waals surface area contributed by atoms with Crippen molar-refractivity contribution in [2.24, 2.45) is 0 Å². The molecule has 1 saturated heterocycles. The van der Waals surface area contributed by atoms with Gasteiger partial charge in [-0.1, -0.05) is 6.07 Å². The summed E-state index contributed by atoms with van der Waals surface area (Å²) in [6.07, 6.45) is -0.118.